The number of non-ortho nitro benzene ring substituents is 1. The molecule has 0 atom stereocenters. The van der Waals surface area contributed by atoms with E-state index in [1.54, 1.807) is 19.1 Å². The highest BCUT2D eigenvalue weighted by Gasteiger charge is 2.21. The minimum Gasteiger partial charge on any atom is -0.450 e. The Morgan fingerprint density at radius 3 is 2.17 bits per heavy atom. The molecular weight excluding hydrogens is 465 g/mol. The van der Waals surface area contributed by atoms with Crippen LogP contribution in [-0.4, -0.2) is 27.4 Å². The molecule has 3 aromatic carbocycles. The Kier molecular flexibility index (Phi) is 7.41. The van der Waals surface area contributed by atoms with Crippen LogP contribution in [0.5, 0.6) is 11.5 Å². The number of anilines is 1. The van der Waals surface area contributed by atoms with Gasteiger partial charge >= 0.3 is 17.5 Å². The number of carbonyl (C=O) groups is 2. The fourth-order valence-corrected chi connectivity index (χ4v) is 2.71. The van der Waals surface area contributed by atoms with E-state index in [1.165, 1.54) is 24.3 Å². The molecule has 0 heterocycles. The normalized spacial score (nSPS) is 10.9. The van der Waals surface area contributed by atoms with E-state index in [9.17, 15) is 34.2 Å². The van der Waals surface area contributed by atoms with E-state index < -0.39 is 38.9 Å². The van der Waals surface area contributed by atoms with Crippen LogP contribution >= 0.6 is 0 Å². The van der Waals surface area contributed by atoms with Crippen LogP contribution in [0.4, 0.5) is 21.5 Å². The Labute approximate surface area is 196 Å². The van der Waals surface area contributed by atoms with Gasteiger partial charge in [0, 0.05) is 11.8 Å². The highest BCUT2D eigenvalue weighted by molar-refractivity contribution is 6.39. The predicted molar refractivity (Wildman–Crippen MR) is 122 cm³/mol. The molecule has 0 aliphatic heterocycles. The average molecular weight is 481 g/mol. The zero-order chi connectivity index (χ0) is 25.5. The van der Waals surface area contributed by atoms with Crippen LogP contribution in [0, 0.1) is 26.0 Å². The largest absolute Gasteiger partial charge is 0.450 e. The molecule has 0 aromatic heterocycles. The van der Waals surface area contributed by atoms with Crippen molar-refractivity contribution in [2.24, 2.45) is 5.10 Å². The van der Waals surface area contributed by atoms with E-state index in [4.69, 9.17) is 4.74 Å². The van der Waals surface area contributed by atoms with Crippen molar-refractivity contribution in [1.82, 2.24) is 5.43 Å². The van der Waals surface area contributed by atoms with Crippen molar-refractivity contribution in [3.05, 3.63) is 98.3 Å². The van der Waals surface area contributed by atoms with Crippen molar-refractivity contribution in [3.63, 3.8) is 0 Å². The monoisotopic (exact) mass is 481 g/mol. The molecule has 2 N–H and O–H groups in total. The van der Waals surface area contributed by atoms with Crippen molar-refractivity contribution in [1.29, 1.82) is 0 Å². The zero-order valence-electron chi connectivity index (χ0n) is 17.9. The number of carbonyl (C=O) groups excluding carboxylic acids is 2. The molecule has 0 aliphatic rings. The second-order valence-electron chi connectivity index (χ2n) is 6.89. The molecular formula is C22H16FN5O7. The van der Waals surface area contributed by atoms with Gasteiger partial charge in [0.15, 0.2) is 0 Å². The SMILES string of the molecule is C/C(=N\NC(=O)C(=O)Nc1ccc(F)cc1)c1ccc(Oc2ccc([N+](=O)[O-])cc2[N+](=O)[O-])cc1. The maximum atomic E-state index is 12.9. The number of hydrogen-bond donors (Lipinski definition) is 2. The molecule has 13 heteroatoms. The van der Waals surface area contributed by atoms with Crippen LogP contribution in [0.15, 0.2) is 71.8 Å². The van der Waals surface area contributed by atoms with Gasteiger partial charge in [-0.1, -0.05) is 0 Å². The van der Waals surface area contributed by atoms with Crippen molar-refractivity contribution in [3.8, 4) is 11.5 Å². The van der Waals surface area contributed by atoms with Gasteiger partial charge in [0.05, 0.1) is 21.6 Å². The number of hydrazone groups is 1. The maximum absolute atomic E-state index is 12.9. The van der Waals surface area contributed by atoms with Crippen LogP contribution in [0.3, 0.4) is 0 Å². The molecule has 0 spiro atoms. The van der Waals surface area contributed by atoms with Gasteiger partial charge in [0.2, 0.25) is 5.75 Å². The molecule has 2 amide bonds. The lowest BCUT2D eigenvalue weighted by atomic mass is 10.1. The lowest BCUT2D eigenvalue weighted by Crippen LogP contribution is -2.32. The summed E-state index contributed by atoms with van der Waals surface area (Å²) in [6.45, 7) is 1.56. The van der Waals surface area contributed by atoms with Crippen molar-refractivity contribution in [2.45, 2.75) is 6.92 Å². The number of halogens is 1. The van der Waals surface area contributed by atoms with Crippen LogP contribution < -0.4 is 15.5 Å². The van der Waals surface area contributed by atoms with Gasteiger partial charge in [0.25, 0.3) is 5.69 Å². The van der Waals surface area contributed by atoms with Gasteiger partial charge in [0.1, 0.15) is 11.6 Å². The Balaban J connectivity index is 1.64. The molecule has 35 heavy (non-hydrogen) atoms. The summed E-state index contributed by atoms with van der Waals surface area (Å²) in [6, 6.07) is 13.9. The zero-order valence-corrected chi connectivity index (χ0v) is 17.9. The van der Waals surface area contributed by atoms with E-state index >= 15 is 0 Å². The average Bonchev–Trinajstić information content (AvgIpc) is 2.84. The van der Waals surface area contributed by atoms with Crippen molar-refractivity contribution in [2.75, 3.05) is 5.32 Å². The number of nitro groups is 2. The molecule has 0 unspecified atom stereocenters. The van der Waals surface area contributed by atoms with Crippen molar-refractivity contribution >= 4 is 34.6 Å². The topological polar surface area (TPSA) is 166 Å². The molecule has 178 valence electrons. The number of hydrogen-bond acceptors (Lipinski definition) is 8. The minimum atomic E-state index is -1.04. The van der Waals surface area contributed by atoms with Gasteiger partial charge < -0.3 is 10.1 Å². The molecule has 3 aromatic rings. The van der Waals surface area contributed by atoms with E-state index in [0.717, 1.165) is 30.3 Å². The Hall–Kier alpha value is -5.20. The smallest absolute Gasteiger partial charge is 0.329 e. The molecule has 3 rings (SSSR count). The molecule has 0 aliphatic carbocycles. The number of nitro benzene ring substituents is 2. The number of amides is 2. The summed E-state index contributed by atoms with van der Waals surface area (Å²) in [6.07, 6.45) is 0. The lowest BCUT2D eigenvalue weighted by molar-refractivity contribution is -0.394. The lowest BCUT2D eigenvalue weighted by Gasteiger charge is -2.08. The highest BCUT2D eigenvalue weighted by atomic mass is 19.1. The van der Waals surface area contributed by atoms with Crippen LogP contribution in [0.25, 0.3) is 0 Å². The van der Waals surface area contributed by atoms with Crippen LogP contribution in [-0.2, 0) is 9.59 Å². The fourth-order valence-electron chi connectivity index (χ4n) is 2.71. The third kappa shape index (κ3) is 6.41. The Morgan fingerprint density at radius 1 is 0.914 bits per heavy atom. The summed E-state index contributed by atoms with van der Waals surface area (Å²) in [5, 5.41) is 28.2. The van der Waals surface area contributed by atoms with Crippen LogP contribution in [0.1, 0.15) is 12.5 Å². The second kappa shape index (κ2) is 10.6. The quantitative estimate of drug-likeness (QED) is 0.223. The first-order valence-electron chi connectivity index (χ1n) is 9.76. The van der Waals surface area contributed by atoms with Gasteiger partial charge in [-0.25, -0.2) is 9.82 Å². The Morgan fingerprint density at radius 2 is 1.57 bits per heavy atom. The van der Waals surface area contributed by atoms with E-state index in [1.807, 2.05) is 0 Å². The summed E-state index contributed by atoms with van der Waals surface area (Å²) in [4.78, 5) is 44.4. The first-order valence-corrected chi connectivity index (χ1v) is 9.76. The van der Waals surface area contributed by atoms with Crippen molar-refractivity contribution < 1.29 is 28.6 Å². The first kappa shape index (κ1) is 24.4. The molecule has 12 nitrogen and oxygen atoms in total. The van der Waals surface area contributed by atoms with Crippen LogP contribution in [0.2, 0.25) is 0 Å². The summed E-state index contributed by atoms with van der Waals surface area (Å²) in [5.74, 6) is -2.50. The number of benzene rings is 3. The molecule has 0 fully saturated rings. The second-order valence-corrected chi connectivity index (χ2v) is 6.89. The first-order chi connectivity index (χ1) is 16.6. The summed E-state index contributed by atoms with van der Waals surface area (Å²) < 4.78 is 18.4. The summed E-state index contributed by atoms with van der Waals surface area (Å²) in [5.41, 5.74) is 2.19. The molecule has 0 radical (unpaired) electrons. The molecule has 0 bridgehead atoms. The highest BCUT2D eigenvalue weighted by Crippen LogP contribution is 2.34. The summed E-state index contributed by atoms with van der Waals surface area (Å²) >= 11 is 0. The van der Waals surface area contributed by atoms with E-state index in [-0.39, 0.29) is 17.2 Å². The van der Waals surface area contributed by atoms with Gasteiger partial charge in [-0.2, -0.15) is 5.10 Å². The van der Waals surface area contributed by atoms with Gasteiger partial charge in [-0.3, -0.25) is 29.8 Å². The molecule has 0 saturated carbocycles. The standard InChI is InChI=1S/C22H16FN5O7/c1-13(25-26-22(30)21(29)24-16-6-4-15(23)5-7-16)14-2-9-18(10-3-14)35-20-11-8-17(27(31)32)12-19(20)28(33)34/h2-12H,1H3,(H,24,29)(H,26,30)/b25-13+. The predicted octanol–water partition coefficient (Wildman–Crippen LogP) is 3.91. The fraction of sp³-hybridized carbons (Fsp3) is 0.0455. The third-order valence-electron chi connectivity index (χ3n) is 4.48. The number of nitrogens with one attached hydrogen (secondary N) is 2. The van der Waals surface area contributed by atoms with Gasteiger partial charge in [-0.15, -0.1) is 0 Å². The maximum Gasteiger partial charge on any atom is 0.329 e. The summed E-state index contributed by atoms with van der Waals surface area (Å²) in [7, 11) is 0. The minimum absolute atomic E-state index is 0.182. The Bertz CT molecular complexity index is 1330. The molecule has 0 saturated heterocycles. The number of nitrogens with zero attached hydrogens (tertiary/aromatic N) is 3. The van der Waals surface area contributed by atoms with E-state index in [2.05, 4.69) is 15.8 Å². The third-order valence-corrected chi connectivity index (χ3v) is 4.48. The van der Waals surface area contributed by atoms with Gasteiger partial charge in [-0.05, 0) is 67.1 Å². The number of rotatable bonds is 7. The number of ether oxygens (including phenoxy) is 1. The van der Waals surface area contributed by atoms with E-state index in [0.29, 0.717) is 11.3 Å².